The van der Waals surface area contributed by atoms with E-state index >= 15 is 0 Å². The average molecular weight is 198 g/mol. The van der Waals surface area contributed by atoms with Crippen LogP contribution in [-0.2, 0) is 0 Å². The molecule has 2 nitrogen and oxygen atoms in total. The molecule has 1 N–H and O–H groups in total. The number of nitrogens with one attached hydrogen (secondary N) is 1. The van der Waals surface area contributed by atoms with Gasteiger partial charge in [0, 0.05) is 5.56 Å². The second kappa shape index (κ2) is 4.96. The summed E-state index contributed by atoms with van der Waals surface area (Å²) in [6.07, 6.45) is 7.93. The van der Waals surface area contributed by atoms with E-state index in [4.69, 9.17) is 22.4 Å². The minimum atomic E-state index is -0.147. The minimum Gasteiger partial charge on any atom is -0.453 e. The number of halogens is 1. The Morgan fingerprint density at radius 2 is 2.54 bits per heavy atom. The number of hydrogen-bond acceptors (Lipinski definition) is 2. The first-order valence-corrected chi connectivity index (χ1v) is 4.59. The van der Waals surface area contributed by atoms with Gasteiger partial charge in [0.2, 0.25) is 0 Å². The van der Waals surface area contributed by atoms with Crippen LogP contribution in [0, 0.1) is 12.3 Å². The van der Waals surface area contributed by atoms with Crippen molar-refractivity contribution in [2.24, 2.45) is 0 Å². The van der Waals surface area contributed by atoms with Crippen LogP contribution < -0.4 is 5.32 Å². The summed E-state index contributed by atoms with van der Waals surface area (Å²) in [4.78, 5) is 0. The second-order valence-electron chi connectivity index (χ2n) is 2.70. The van der Waals surface area contributed by atoms with Gasteiger partial charge in [0.15, 0.2) is 5.22 Å². The molecule has 0 spiro atoms. The topological polar surface area (TPSA) is 25.2 Å². The monoisotopic (exact) mass is 197 g/mol. The third kappa shape index (κ3) is 2.51. The van der Waals surface area contributed by atoms with Crippen molar-refractivity contribution < 1.29 is 4.42 Å². The fourth-order valence-electron chi connectivity index (χ4n) is 1.06. The molecule has 1 rings (SSSR count). The van der Waals surface area contributed by atoms with Crippen LogP contribution in [-0.4, -0.2) is 6.54 Å². The van der Waals surface area contributed by atoms with Gasteiger partial charge in [-0.3, -0.25) is 5.32 Å². The van der Waals surface area contributed by atoms with E-state index in [0.717, 1.165) is 18.5 Å². The van der Waals surface area contributed by atoms with Crippen LogP contribution in [0.5, 0.6) is 0 Å². The van der Waals surface area contributed by atoms with Crippen molar-refractivity contribution >= 4 is 11.6 Å². The van der Waals surface area contributed by atoms with Crippen molar-refractivity contribution in [2.75, 3.05) is 6.54 Å². The zero-order valence-corrected chi connectivity index (χ0v) is 8.27. The highest BCUT2D eigenvalue weighted by atomic mass is 35.5. The number of hydrogen-bond donors (Lipinski definition) is 1. The molecule has 1 atom stereocenters. The molecule has 1 aromatic rings. The van der Waals surface area contributed by atoms with E-state index in [0.29, 0.717) is 5.22 Å². The Morgan fingerprint density at radius 3 is 3.00 bits per heavy atom. The van der Waals surface area contributed by atoms with Crippen molar-refractivity contribution in [1.29, 1.82) is 0 Å². The van der Waals surface area contributed by atoms with Gasteiger partial charge in [-0.1, -0.05) is 12.8 Å². The van der Waals surface area contributed by atoms with Crippen LogP contribution in [0.1, 0.15) is 24.9 Å². The summed E-state index contributed by atoms with van der Waals surface area (Å²) in [6.45, 7) is 2.95. The largest absolute Gasteiger partial charge is 0.453 e. The molecule has 1 aromatic heterocycles. The van der Waals surface area contributed by atoms with Crippen LogP contribution in [0.15, 0.2) is 16.7 Å². The fraction of sp³-hybridized carbons (Fsp3) is 0.400. The fourth-order valence-corrected chi connectivity index (χ4v) is 1.28. The standard InChI is InChI=1S/C10H12ClNO/c1-3-6-12-9(4-2)8-5-7-13-10(8)11/h2,5,7,9,12H,3,6H2,1H3. The summed E-state index contributed by atoms with van der Waals surface area (Å²) in [5, 5.41) is 3.55. The van der Waals surface area contributed by atoms with Gasteiger partial charge in [-0.25, -0.2) is 0 Å². The van der Waals surface area contributed by atoms with Gasteiger partial charge in [-0.2, -0.15) is 0 Å². The Kier molecular flexibility index (Phi) is 3.88. The van der Waals surface area contributed by atoms with Gasteiger partial charge in [-0.05, 0) is 30.6 Å². The third-order valence-corrected chi connectivity index (χ3v) is 2.03. The molecule has 0 amide bonds. The normalized spacial score (nSPS) is 12.4. The molecule has 0 radical (unpaired) electrons. The molecule has 70 valence electrons. The van der Waals surface area contributed by atoms with Crippen LogP contribution in [0.4, 0.5) is 0 Å². The van der Waals surface area contributed by atoms with Crippen molar-refractivity contribution in [2.45, 2.75) is 19.4 Å². The lowest BCUT2D eigenvalue weighted by molar-refractivity contribution is 0.556. The molecule has 0 aliphatic rings. The molecule has 0 saturated carbocycles. The molecular weight excluding hydrogens is 186 g/mol. The quantitative estimate of drug-likeness (QED) is 0.751. The van der Waals surface area contributed by atoms with Gasteiger partial charge in [0.05, 0.1) is 12.3 Å². The van der Waals surface area contributed by atoms with Crippen molar-refractivity contribution in [3.8, 4) is 12.3 Å². The maximum absolute atomic E-state index is 5.79. The Balaban J connectivity index is 2.68. The molecule has 0 saturated heterocycles. The first-order chi connectivity index (χ1) is 6.29. The molecule has 13 heavy (non-hydrogen) atoms. The van der Waals surface area contributed by atoms with E-state index < -0.39 is 0 Å². The molecule has 0 fully saturated rings. The minimum absolute atomic E-state index is 0.147. The summed E-state index contributed by atoms with van der Waals surface area (Å²) >= 11 is 5.79. The van der Waals surface area contributed by atoms with Crippen LogP contribution in [0.2, 0.25) is 5.22 Å². The second-order valence-corrected chi connectivity index (χ2v) is 3.05. The average Bonchev–Trinajstić information content (AvgIpc) is 2.54. The first kappa shape index (κ1) is 10.2. The molecular formula is C10H12ClNO. The van der Waals surface area contributed by atoms with Gasteiger partial charge in [-0.15, -0.1) is 6.42 Å². The van der Waals surface area contributed by atoms with Crippen molar-refractivity contribution in [3.05, 3.63) is 23.1 Å². The Labute approximate surface area is 83.3 Å². The predicted molar refractivity (Wildman–Crippen MR) is 53.6 cm³/mol. The Morgan fingerprint density at radius 1 is 1.77 bits per heavy atom. The summed E-state index contributed by atoms with van der Waals surface area (Å²) < 4.78 is 4.96. The number of terminal acetylenes is 1. The first-order valence-electron chi connectivity index (χ1n) is 4.22. The van der Waals surface area contributed by atoms with E-state index in [2.05, 4.69) is 18.2 Å². The smallest absolute Gasteiger partial charge is 0.198 e. The highest BCUT2D eigenvalue weighted by Crippen LogP contribution is 2.23. The molecule has 1 heterocycles. The lowest BCUT2D eigenvalue weighted by Crippen LogP contribution is -2.20. The lowest BCUT2D eigenvalue weighted by Gasteiger charge is -2.09. The zero-order valence-electron chi connectivity index (χ0n) is 7.51. The van der Waals surface area contributed by atoms with E-state index in [1.807, 2.05) is 0 Å². The van der Waals surface area contributed by atoms with Crippen LogP contribution >= 0.6 is 11.6 Å². The molecule has 1 unspecified atom stereocenters. The van der Waals surface area contributed by atoms with Gasteiger partial charge >= 0.3 is 0 Å². The SMILES string of the molecule is C#CC(NCCC)c1ccoc1Cl. The molecule has 0 aliphatic carbocycles. The molecule has 0 aromatic carbocycles. The lowest BCUT2D eigenvalue weighted by atomic mass is 10.1. The van der Waals surface area contributed by atoms with Gasteiger partial charge < -0.3 is 4.42 Å². The molecule has 0 aliphatic heterocycles. The van der Waals surface area contributed by atoms with Crippen LogP contribution in [0.3, 0.4) is 0 Å². The zero-order chi connectivity index (χ0) is 9.68. The van der Waals surface area contributed by atoms with Gasteiger partial charge in [0.1, 0.15) is 0 Å². The van der Waals surface area contributed by atoms with E-state index in [9.17, 15) is 0 Å². The summed E-state index contributed by atoms with van der Waals surface area (Å²) in [6, 6.07) is 1.64. The summed E-state index contributed by atoms with van der Waals surface area (Å²) in [5.74, 6) is 2.62. The maximum Gasteiger partial charge on any atom is 0.198 e. The maximum atomic E-state index is 5.79. The molecule has 3 heteroatoms. The Bertz CT molecular complexity index is 300. The van der Waals surface area contributed by atoms with Crippen molar-refractivity contribution in [3.63, 3.8) is 0 Å². The van der Waals surface area contributed by atoms with E-state index in [1.165, 1.54) is 6.26 Å². The number of furan rings is 1. The van der Waals surface area contributed by atoms with E-state index in [-0.39, 0.29) is 6.04 Å². The number of rotatable bonds is 4. The predicted octanol–water partition coefficient (Wildman–Crippen LogP) is 2.61. The highest BCUT2D eigenvalue weighted by molar-refractivity contribution is 6.29. The van der Waals surface area contributed by atoms with Crippen molar-refractivity contribution in [1.82, 2.24) is 5.32 Å². The van der Waals surface area contributed by atoms with Gasteiger partial charge in [0.25, 0.3) is 0 Å². The van der Waals surface area contributed by atoms with Crippen LogP contribution in [0.25, 0.3) is 0 Å². The van der Waals surface area contributed by atoms with E-state index in [1.54, 1.807) is 6.07 Å². The summed E-state index contributed by atoms with van der Waals surface area (Å²) in [5.41, 5.74) is 0.831. The molecule has 0 bridgehead atoms. The highest BCUT2D eigenvalue weighted by Gasteiger charge is 2.12. The summed E-state index contributed by atoms with van der Waals surface area (Å²) in [7, 11) is 0. The Hall–Kier alpha value is -0.910. The third-order valence-electron chi connectivity index (χ3n) is 1.72.